The van der Waals surface area contributed by atoms with Crippen LogP contribution in [0.5, 0.6) is 0 Å². The van der Waals surface area contributed by atoms with Crippen molar-refractivity contribution in [2.45, 2.75) is 37.9 Å². The topological polar surface area (TPSA) is 49.9 Å². The molecule has 4 rings (SSSR count). The van der Waals surface area contributed by atoms with Gasteiger partial charge in [-0.15, -0.1) is 0 Å². The number of hydrogen-bond donors (Lipinski definition) is 0. The number of amides is 1. The van der Waals surface area contributed by atoms with Gasteiger partial charge in [0, 0.05) is 19.6 Å². The van der Waals surface area contributed by atoms with Gasteiger partial charge in [0.25, 0.3) is 0 Å². The lowest BCUT2D eigenvalue weighted by Gasteiger charge is -2.35. The number of rotatable bonds is 9. The molecule has 3 aromatic carbocycles. The summed E-state index contributed by atoms with van der Waals surface area (Å²) in [5, 5.41) is 0. The molecule has 34 heavy (non-hydrogen) atoms. The van der Waals surface area contributed by atoms with Crippen molar-refractivity contribution in [3.63, 3.8) is 0 Å². The van der Waals surface area contributed by atoms with Crippen molar-refractivity contribution in [1.29, 1.82) is 0 Å². The highest BCUT2D eigenvalue weighted by molar-refractivity contribution is 5.89. The van der Waals surface area contributed by atoms with Crippen LogP contribution in [0.1, 0.15) is 35.6 Å². The summed E-state index contributed by atoms with van der Waals surface area (Å²) in [6.07, 6.45) is 2.27. The van der Waals surface area contributed by atoms with Crippen molar-refractivity contribution in [1.82, 2.24) is 9.80 Å². The van der Waals surface area contributed by atoms with E-state index in [1.807, 2.05) is 66.7 Å². The molecule has 5 heteroatoms. The molecule has 1 aliphatic rings. The van der Waals surface area contributed by atoms with Crippen molar-refractivity contribution < 1.29 is 14.3 Å². The monoisotopic (exact) mass is 456 g/mol. The zero-order valence-corrected chi connectivity index (χ0v) is 19.7. The predicted molar refractivity (Wildman–Crippen MR) is 133 cm³/mol. The molecule has 2 atom stereocenters. The quantitative estimate of drug-likeness (QED) is 0.440. The molecular formula is C29H32N2O3. The summed E-state index contributed by atoms with van der Waals surface area (Å²) in [4.78, 5) is 30.5. The maximum absolute atomic E-state index is 14.1. The Morgan fingerprint density at radius 2 is 1.50 bits per heavy atom. The molecule has 5 nitrogen and oxygen atoms in total. The van der Waals surface area contributed by atoms with Gasteiger partial charge in [0.1, 0.15) is 12.1 Å². The van der Waals surface area contributed by atoms with Crippen LogP contribution in [0.25, 0.3) is 0 Å². The molecule has 0 bridgehead atoms. The lowest BCUT2D eigenvalue weighted by atomic mass is 10.0. The van der Waals surface area contributed by atoms with Gasteiger partial charge in [0.2, 0.25) is 5.91 Å². The van der Waals surface area contributed by atoms with Gasteiger partial charge in [0.05, 0.1) is 7.11 Å². The highest BCUT2D eigenvalue weighted by Gasteiger charge is 2.40. The number of ether oxygens (including phenoxy) is 1. The molecule has 1 aliphatic heterocycles. The van der Waals surface area contributed by atoms with Crippen LogP contribution in [0.3, 0.4) is 0 Å². The molecule has 0 saturated carbocycles. The van der Waals surface area contributed by atoms with Gasteiger partial charge in [-0.25, -0.2) is 4.79 Å². The van der Waals surface area contributed by atoms with E-state index in [2.05, 4.69) is 29.2 Å². The highest BCUT2D eigenvalue weighted by atomic mass is 16.5. The molecule has 1 saturated heterocycles. The molecule has 176 valence electrons. The third kappa shape index (κ3) is 5.72. The number of methoxy groups -OCH3 is 1. The van der Waals surface area contributed by atoms with Gasteiger partial charge >= 0.3 is 5.97 Å². The minimum absolute atomic E-state index is 0.0388. The van der Waals surface area contributed by atoms with Crippen molar-refractivity contribution >= 4 is 11.9 Å². The number of benzene rings is 3. The second kappa shape index (κ2) is 11.6. The molecule has 3 aromatic rings. The molecule has 1 fully saturated rings. The fourth-order valence-electron chi connectivity index (χ4n) is 4.75. The maximum atomic E-state index is 14.1. The molecule has 0 unspecified atom stereocenters. The molecule has 1 amide bonds. The minimum atomic E-state index is -0.517. The van der Waals surface area contributed by atoms with E-state index < -0.39 is 12.1 Å². The van der Waals surface area contributed by atoms with E-state index in [0.29, 0.717) is 26.1 Å². The van der Waals surface area contributed by atoms with Crippen LogP contribution in [0, 0.1) is 0 Å². The van der Waals surface area contributed by atoms with Crippen molar-refractivity contribution in [2.24, 2.45) is 0 Å². The fourth-order valence-corrected chi connectivity index (χ4v) is 4.75. The molecule has 0 aliphatic carbocycles. The number of hydrogen-bond acceptors (Lipinski definition) is 4. The van der Waals surface area contributed by atoms with E-state index >= 15 is 0 Å². The Bertz CT molecular complexity index is 1060. The van der Waals surface area contributed by atoms with Gasteiger partial charge < -0.3 is 9.64 Å². The number of carbonyl (C=O) groups excluding carboxylic acids is 2. The second-order valence-electron chi connectivity index (χ2n) is 8.72. The third-order valence-electron chi connectivity index (χ3n) is 6.48. The standard InChI is InChI=1S/C29H32N2O3/c1-34-29(33)26-18-11-20-31(26)28(32)27(25-16-9-4-10-17-25)30(22-24-14-7-3-8-15-24)21-19-23-12-5-2-6-13-23/h2-10,12-17,26-27H,11,18-22H2,1H3/t26-,27+/m0/s1. The van der Waals surface area contributed by atoms with E-state index in [-0.39, 0.29) is 11.9 Å². The van der Waals surface area contributed by atoms with Crippen LogP contribution >= 0.6 is 0 Å². The van der Waals surface area contributed by atoms with E-state index in [0.717, 1.165) is 24.0 Å². The zero-order chi connectivity index (χ0) is 23.8. The highest BCUT2D eigenvalue weighted by Crippen LogP contribution is 2.30. The Balaban J connectivity index is 1.68. The number of nitrogens with zero attached hydrogens (tertiary/aromatic N) is 2. The van der Waals surface area contributed by atoms with Crippen LogP contribution < -0.4 is 0 Å². The fraction of sp³-hybridized carbons (Fsp3) is 0.310. The molecule has 0 spiro atoms. The van der Waals surface area contributed by atoms with Crippen LogP contribution in [-0.4, -0.2) is 47.9 Å². The Hall–Kier alpha value is -3.44. The van der Waals surface area contributed by atoms with E-state index in [9.17, 15) is 9.59 Å². The van der Waals surface area contributed by atoms with Crippen molar-refractivity contribution in [3.8, 4) is 0 Å². The smallest absolute Gasteiger partial charge is 0.328 e. The summed E-state index contributed by atoms with van der Waals surface area (Å²) in [5.41, 5.74) is 3.32. The first kappa shape index (κ1) is 23.7. The average molecular weight is 457 g/mol. The van der Waals surface area contributed by atoms with Crippen LogP contribution in [0.2, 0.25) is 0 Å². The van der Waals surface area contributed by atoms with Gasteiger partial charge in [-0.05, 0) is 36.0 Å². The van der Waals surface area contributed by atoms with Gasteiger partial charge in [-0.1, -0.05) is 91.0 Å². The molecule has 0 aromatic heterocycles. The van der Waals surface area contributed by atoms with Gasteiger partial charge in [-0.3, -0.25) is 9.69 Å². The summed E-state index contributed by atoms with van der Waals surface area (Å²) >= 11 is 0. The Morgan fingerprint density at radius 1 is 0.912 bits per heavy atom. The van der Waals surface area contributed by atoms with Gasteiger partial charge in [-0.2, -0.15) is 0 Å². The molecule has 0 N–H and O–H groups in total. The van der Waals surface area contributed by atoms with Gasteiger partial charge in [0.15, 0.2) is 0 Å². The Morgan fingerprint density at radius 3 is 2.12 bits per heavy atom. The first-order valence-electron chi connectivity index (χ1n) is 11.9. The zero-order valence-electron chi connectivity index (χ0n) is 19.7. The first-order chi connectivity index (χ1) is 16.7. The third-order valence-corrected chi connectivity index (χ3v) is 6.48. The molecule has 1 heterocycles. The minimum Gasteiger partial charge on any atom is -0.467 e. The van der Waals surface area contributed by atoms with Crippen molar-refractivity contribution in [2.75, 3.05) is 20.2 Å². The van der Waals surface area contributed by atoms with E-state index in [4.69, 9.17) is 4.74 Å². The second-order valence-corrected chi connectivity index (χ2v) is 8.72. The Kier molecular flexibility index (Phi) is 8.10. The number of likely N-dealkylation sites (tertiary alicyclic amines) is 1. The largest absolute Gasteiger partial charge is 0.467 e. The molecule has 0 radical (unpaired) electrons. The number of esters is 1. The lowest BCUT2D eigenvalue weighted by Crippen LogP contribution is -2.48. The van der Waals surface area contributed by atoms with Crippen LogP contribution in [0.4, 0.5) is 0 Å². The summed E-state index contributed by atoms with van der Waals surface area (Å²) in [5.74, 6) is -0.375. The summed E-state index contributed by atoms with van der Waals surface area (Å²) in [6, 6.07) is 29.5. The maximum Gasteiger partial charge on any atom is 0.328 e. The lowest BCUT2D eigenvalue weighted by molar-refractivity contribution is -0.153. The average Bonchev–Trinajstić information content (AvgIpc) is 3.39. The van der Waals surface area contributed by atoms with Crippen LogP contribution in [-0.2, 0) is 27.3 Å². The van der Waals surface area contributed by atoms with Crippen LogP contribution in [0.15, 0.2) is 91.0 Å². The first-order valence-corrected chi connectivity index (χ1v) is 11.9. The van der Waals surface area contributed by atoms with E-state index in [1.165, 1.54) is 12.7 Å². The SMILES string of the molecule is COC(=O)[C@@H]1CCCN1C(=O)[C@@H](c1ccccc1)N(CCc1ccccc1)Cc1ccccc1. The van der Waals surface area contributed by atoms with Crippen molar-refractivity contribution in [3.05, 3.63) is 108 Å². The summed E-state index contributed by atoms with van der Waals surface area (Å²) in [7, 11) is 1.39. The Labute approximate surface area is 202 Å². The van der Waals surface area contributed by atoms with E-state index in [1.54, 1.807) is 4.90 Å². The normalized spacial score (nSPS) is 16.4. The summed E-state index contributed by atoms with van der Waals surface area (Å²) in [6.45, 7) is 1.91. The summed E-state index contributed by atoms with van der Waals surface area (Å²) < 4.78 is 5.02. The predicted octanol–water partition coefficient (Wildman–Crippen LogP) is 4.64. The number of carbonyl (C=O) groups is 2. The molecular weight excluding hydrogens is 424 g/mol.